The summed E-state index contributed by atoms with van der Waals surface area (Å²) >= 11 is 0. The zero-order chi connectivity index (χ0) is 7.90. The Bertz CT molecular complexity index is 156. The molecule has 2 aliphatic rings. The molecule has 0 heterocycles. The molecule has 0 aromatic rings. The summed E-state index contributed by atoms with van der Waals surface area (Å²) in [5.41, 5.74) is 5.10. The largest absolute Gasteiger partial charge is 0.390 e. The molecule has 2 rings (SSSR count). The zero-order valence-corrected chi connectivity index (χ0v) is 6.92. The molecular weight excluding hydrogens is 138 g/mol. The average molecular weight is 155 g/mol. The zero-order valence-electron chi connectivity index (χ0n) is 6.92. The highest BCUT2D eigenvalue weighted by atomic mass is 16.3. The summed E-state index contributed by atoms with van der Waals surface area (Å²) in [6.45, 7) is 0.639. The van der Waals surface area contributed by atoms with Crippen molar-refractivity contribution in [3.63, 3.8) is 0 Å². The van der Waals surface area contributed by atoms with Crippen molar-refractivity contribution in [3.05, 3.63) is 0 Å². The van der Waals surface area contributed by atoms with Gasteiger partial charge in [0.1, 0.15) is 0 Å². The van der Waals surface area contributed by atoms with Crippen LogP contribution in [0.4, 0.5) is 0 Å². The maximum absolute atomic E-state index is 10.1. The fourth-order valence-corrected chi connectivity index (χ4v) is 2.64. The standard InChI is InChI=1S/C9H17NO/c10-5-4-9(11)3-1-2-7-6-8(7)9/h7-8,11H,1-6,10H2. The van der Waals surface area contributed by atoms with Crippen molar-refractivity contribution in [2.75, 3.05) is 6.54 Å². The summed E-state index contributed by atoms with van der Waals surface area (Å²) in [6, 6.07) is 0. The van der Waals surface area contributed by atoms with E-state index in [9.17, 15) is 5.11 Å². The molecule has 2 nitrogen and oxygen atoms in total. The monoisotopic (exact) mass is 155 g/mol. The fraction of sp³-hybridized carbons (Fsp3) is 1.00. The van der Waals surface area contributed by atoms with Crippen LogP contribution in [0.5, 0.6) is 0 Å². The second-order valence-electron chi connectivity index (χ2n) is 4.14. The first kappa shape index (κ1) is 7.56. The maximum atomic E-state index is 10.1. The van der Waals surface area contributed by atoms with Crippen molar-refractivity contribution in [3.8, 4) is 0 Å². The van der Waals surface area contributed by atoms with E-state index >= 15 is 0 Å². The van der Waals surface area contributed by atoms with Crippen LogP contribution in [0, 0.1) is 11.8 Å². The van der Waals surface area contributed by atoms with E-state index < -0.39 is 0 Å². The Kier molecular flexibility index (Phi) is 1.69. The van der Waals surface area contributed by atoms with Gasteiger partial charge in [0, 0.05) is 0 Å². The first-order valence-electron chi connectivity index (χ1n) is 4.69. The van der Waals surface area contributed by atoms with E-state index in [1.807, 2.05) is 0 Å². The number of rotatable bonds is 2. The van der Waals surface area contributed by atoms with Crippen molar-refractivity contribution in [1.29, 1.82) is 0 Å². The van der Waals surface area contributed by atoms with Crippen LogP contribution in [-0.2, 0) is 0 Å². The normalized spacial score (nSPS) is 48.5. The van der Waals surface area contributed by atoms with Gasteiger partial charge in [-0.25, -0.2) is 0 Å². The number of hydrogen-bond acceptors (Lipinski definition) is 2. The number of fused-ring (bicyclic) bond motifs is 1. The summed E-state index contributed by atoms with van der Waals surface area (Å²) in [7, 11) is 0. The van der Waals surface area contributed by atoms with Crippen molar-refractivity contribution < 1.29 is 5.11 Å². The molecule has 3 atom stereocenters. The molecule has 0 bridgehead atoms. The van der Waals surface area contributed by atoms with E-state index in [-0.39, 0.29) is 5.60 Å². The average Bonchev–Trinajstić information content (AvgIpc) is 2.68. The molecule has 2 saturated carbocycles. The molecule has 2 aliphatic carbocycles. The molecule has 3 unspecified atom stereocenters. The Morgan fingerprint density at radius 1 is 1.55 bits per heavy atom. The van der Waals surface area contributed by atoms with E-state index in [0.29, 0.717) is 12.5 Å². The third kappa shape index (κ3) is 1.18. The Morgan fingerprint density at radius 2 is 2.36 bits per heavy atom. The summed E-state index contributed by atoms with van der Waals surface area (Å²) in [4.78, 5) is 0. The van der Waals surface area contributed by atoms with Crippen molar-refractivity contribution in [2.24, 2.45) is 17.6 Å². The molecule has 0 spiro atoms. The topological polar surface area (TPSA) is 46.2 Å². The SMILES string of the molecule is NCCC1(O)CCCC2CC21. The summed E-state index contributed by atoms with van der Waals surface area (Å²) in [5, 5.41) is 10.1. The molecule has 0 aromatic heterocycles. The van der Waals surface area contributed by atoms with E-state index in [1.165, 1.54) is 19.3 Å². The number of nitrogens with two attached hydrogens (primary N) is 1. The van der Waals surface area contributed by atoms with Gasteiger partial charge in [-0.2, -0.15) is 0 Å². The maximum Gasteiger partial charge on any atom is 0.0690 e. The first-order valence-corrected chi connectivity index (χ1v) is 4.69. The summed E-state index contributed by atoms with van der Waals surface area (Å²) in [6.07, 6.45) is 5.62. The van der Waals surface area contributed by atoms with Gasteiger partial charge in [0.05, 0.1) is 5.60 Å². The van der Waals surface area contributed by atoms with Crippen molar-refractivity contribution in [2.45, 2.75) is 37.7 Å². The molecule has 0 aromatic carbocycles. The predicted octanol–water partition coefficient (Wildman–Crippen LogP) is 0.886. The van der Waals surface area contributed by atoms with Crippen molar-refractivity contribution >= 4 is 0 Å². The lowest BCUT2D eigenvalue weighted by Crippen LogP contribution is -2.36. The van der Waals surface area contributed by atoms with Gasteiger partial charge in [-0.1, -0.05) is 6.42 Å². The third-order valence-corrected chi connectivity index (χ3v) is 3.37. The van der Waals surface area contributed by atoms with Gasteiger partial charge in [0.25, 0.3) is 0 Å². The minimum atomic E-state index is -0.363. The van der Waals surface area contributed by atoms with E-state index in [2.05, 4.69) is 0 Å². The first-order chi connectivity index (χ1) is 5.26. The molecule has 0 amide bonds. The van der Waals surface area contributed by atoms with Crippen LogP contribution < -0.4 is 5.73 Å². The van der Waals surface area contributed by atoms with Gasteiger partial charge in [-0.05, 0) is 44.1 Å². The fourth-order valence-electron chi connectivity index (χ4n) is 2.64. The Labute approximate surface area is 67.8 Å². The van der Waals surface area contributed by atoms with Crippen molar-refractivity contribution in [1.82, 2.24) is 0 Å². The lowest BCUT2D eigenvalue weighted by Gasteiger charge is -2.31. The quantitative estimate of drug-likeness (QED) is 0.622. The lowest BCUT2D eigenvalue weighted by molar-refractivity contribution is -0.0161. The van der Waals surface area contributed by atoms with Gasteiger partial charge >= 0.3 is 0 Å². The van der Waals surface area contributed by atoms with Crippen LogP contribution in [0.2, 0.25) is 0 Å². The lowest BCUT2D eigenvalue weighted by atomic mass is 9.82. The van der Waals surface area contributed by atoms with Gasteiger partial charge in [0.15, 0.2) is 0 Å². The van der Waals surface area contributed by atoms with Gasteiger partial charge in [0.2, 0.25) is 0 Å². The van der Waals surface area contributed by atoms with Gasteiger partial charge < -0.3 is 10.8 Å². The van der Waals surface area contributed by atoms with E-state index in [4.69, 9.17) is 5.73 Å². The molecular formula is C9H17NO. The molecule has 11 heavy (non-hydrogen) atoms. The highest BCUT2D eigenvalue weighted by Crippen LogP contribution is 2.55. The molecule has 0 radical (unpaired) electrons. The van der Waals surface area contributed by atoms with Gasteiger partial charge in [-0.15, -0.1) is 0 Å². The van der Waals surface area contributed by atoms with Crippen LogP contribution in [0.3, 0.4) is 0 Å². The Balaban J connectivity index is 1.99. The molecule has 3 N–H and O–H groups in total. The third-order valence-electron chi connectivity index (χ3n) is 3.37. The van der Waals surface area contributed by atoms with Crippen LogP contribution in [-0.4, -0.2) is 17.3 Å². The summed E-state index contributed by atoms with van der Waals surface area (Å²) in [5.74, 6) is 1.46. The van der Waals surface area contributed by atoms with Gasteiger partial charge in [-0.3, -0.25) is 0 Å². The molecule has 2 heteroatoms. The highest BCUT2D eigenvalue weighted by Gasteiger charge is 2.53. The minimum Gasteiger partial charge on any atom is -0.390 e. The summed E-state index contributed by atoms with van der Waals surface area (Å²) < 4.78 is 0. The molecule has 0 saturated heterocycles. The smallest absolute Gasteiger partial charge is 0.0690 e. The van der Waals surface area contributed by atoms with Crippen LogP contribution in [0.25, 0.3) is 0 Å². The second-order valence-corrected chi connectivity index (χ2v) is 4.14. The molecule has 64 valence electrons. The highest BCUT2D eigenvalue weighted by molar-refractivity contribution is 5.04. The molecule has 2 fully saturated rings. The number of aliphatic hydroxyl groups is 1. The predicted molar refractivity (Wildman–Crippen MR) is 44.1 cm³/mol. The molecule has 0 aliphatic heterocycles. The van der Waals surface area contributed by atoms with Crippen LogP contribution >= 0.6 is 0 Å². The minimum absolute atomic E-state index is 0.363. The van der Waals surface area contributed by atoms with E-state index in [0.717, 1.165) is 18.8 Å². The number of hydrogen-bond donors (Lipinski definition) is 2. The van der Waals surface area contributed by atoms with Crippen LogP contribution in [0.1, 0.15) is 32.1 Å². The second kappa shape index (κ2) is 2.46. The van der Waals surface area contributed by atoms with Crippen LogP contribution in [0.15, 0.2) is 0 Å². The Hall–Kier alpha value is -0.0800. The Morgan fingerprint density at radius 3 is 3.09 bits per heavy atom. The van der Waals surface area contributed by atoms with E-state index in [1.54, 1.807) is 0 Å².